The molecule has 2 aromatic carbocycles. The number of para-hydroxylation sites is 1. The van der Waals surface area contributed by atoms with Gasteiger partial charge in [0.2, 0.25) is 0 Å². The number of nitrogens with two attached hydrogens (primary N) is 1. The van der Waals surface area contributed by atoms with E-state index in [9.17, 15) is 9.90 Å². The fraction of sp³-hybridized carbons (Fsp3) is 0.278. The molecular formula is C18H19NO4. The lowest BCUT2D eigenvalue weighted by Gasteiger charge is -2.13. The zero-order valence-electron chi connectivity index (χ0n) is 12.6. The van der Waals surface area contributed by atoms with Gasteiger partial charge in [-0.1, -0.05) is 36.4 Å². The van der Waals surface area contributed by atoms with Crippen LogP contribution in [-0.2, 0) is 4.74 Å². The first-order valence-corrected chi connectivity index (χ1v) is 7.53. The Balaban J connectivity index is 1.78. The Labute approximate surface area is 134 Å². The Kier molecular flexibility index (Phi) is 4.43. The van der Waals surface area contributed by atoms with Crippen molar-refractivity contribution in [3.63, 3.8) is 0 Å². The Morgan fingerprint density at radius 2 is 1.87 bits per heavy atom. The van der Waals surface area contributed by atoms with Crippen LogP contribution in [0, 0.1) is 0 Å². The van der Waals surface area contributed by atoms with Crippen molar-refractivity contribution in [1.29, 1.82) is 0 Å². The van der Waals surface area contributed by atoms with Crippen molar-refractivity contribution in [3.8, 4) is 0 Å². The van der Waals surface area contributed by atoms with E-state index in [-0.39, 0.29) is 18.5 Å². The fourth-order valence-corrected chi connectivity index (χ4v) is 2.82. The zero-order chi connectivity index (χ0) is 16.4. The van der Waals surface area contributed by atoms with Gasteiger partial charge in [0.15, 0.2) is 5.78 Å². The number of carbonyl (C=O) groups is 1. The second kappa shape index (κ2) is 6.50. The molecule has 0 amide bonds. The summed E-state index contributed by atoms with van der Waals surface area (Å²) in [6.07, 6.45) is -1.06. The van der Waals surface area contributed by atoms with Gasteiger partial charge in [-0.2, -0.15) is 0 Å². The van der Waals surface area contributed by atoms with Crippen LogP contribution in [0.1, 0.15) is 34.0 Å². The van der Waals surface area contributed by atoms with Crippen molar-refractivity contribution in [1.82, 2.24) is 0 Å². The molecule has 1 fully saturated rings. The Morgan fingerprint density at radius 1 is 1.17 bits per heavy atom. The summed E-state index contributed by atoms with van der Waals surface area (Å²) in [5, 5.41) is 18.9. The molecule has 1 aliphatic heterocycles. The first kappa shape index (κ1) is 15.7. The lowest BCUT2D eigenvalue weighted by Crippen LogP contribution is -2.24. The van der Waals surface area contributed by atoms with E-state index in [2.05, 4.69) is 0 Å². The highest BCUT2D eigenvalue weighted by atomic mass is 16.5. The number of aliphatic hydroxyl groups excluding tert-OH is 2. The lowest BCUT2D eigenvalue weighted by molar-refractivity contribution is -0.0225. The van der Waals surface area contributed by atoms with E-state index >= 15 is 0 Å². The summed E-state index contributed by atoms with van der Waals surface area (Å²) in [5.74, 6) is -0.129. The monoisotopic (exact) mass is 313 g/mol. The van der Waals surface area contributed by atoms with Crippen LogP contribution in [-0.4, -0.2) is 34.8 Å². The minimum atomic E-state index is -0.671. The van der Waals surface area contributed by atoms with Gasteiger partial charge in [0.25, 0.3) is 0 Å². The maximum absolute atomic E-state index is 12.5. The highest BCUT2D eigenvalue weighted by Crippen LogP contribution is 2.33. The molecule has 4 N–H and O–H groups in total. The van der Waals surface area contributed by atoms with Crippen LogP contribution in [0.4, 0.5) is 5.69 Å². The predicted molar refractivity (Wildman–Crippen MR) is 86.1 cm³/mol. The van der Waals surface area contributed by atoms with Crippen molar-refractivity contribution < 1.29 is 19.7 Å². The maximum atomic E-state index is 12.5. The van der Waals surface area contributed by atoms with Gasteiger partial charge >= 0.3 is 0 Å². The van der Waals surface area contributed by atoms with Crippen molar-refractivity contribution in [2.45, 2.75) is 24.7 Å². The highest BCUT2D eigenvalue weighted by molar-refractivity contribution is 6.12. The summed E-state index contributed by atoms with van der Waals surface area (Å²) in [5.41, 5.74) is 8.19. The first-order chi connectivity index (χ1) is 11.1. The molecule has 1 aliphatic rings. The third-order valence-electron chi connectivity index (χ3n) is 4.15. The zero-order valence-corrected chi connectivity index (χ0v) is 12.6. The van der Waals surface area contributed by atoms with Gasteiger partial charge < -0.3 is 20.7 Å². The van der Waals surface area contributed by atoms with E-state index in [1.807, 2.05) is 12.1 Å². The van der Waals surface area contributed by atoms with Crippen molar-refractivity contribution in [3.05, 3.63) is 65.2 Å². The molecule has 5 nitrogen and oxygen atoms in total. The quantitative estimate of drug-likeness (QED) is 0.590. The number of ketones is 1. The lowest BCUT2D eigenvalue weighted by atomic mass is 9.98. The molecule has 0 bridgehead atoms. The summed E-state index contributed by atoms with van der Waals surface area (Å²) >= 11 is 0. The molecule has 1 heterocycles. The predicted octanol–water partition coefficient (Wildman–Crippen LogP) is 1.68. The van der Waals surface area contributed by atoms with Crippen LogP contribution in [0.2, 0.25) is 0 Å². The average molecular weight is 313 g/mol. The smallest absolute Gasteiger partial charge is 0.195 e. The number of hydrogen-bond donors (Lipinski definition) is 3. The first-order valence-electron chi connectivity index (χ1n) is 7.53. The standard InChI is InChI=1S/C18H19NO4/c19-14-4-2-1-3-13(14)18(22)12-7-5-11(6-8-12)16-9-15(21)17(10-20)23-16/h1-8,15-17,20-21H,9-10,19H2/t15-,16+,17+/m0/s1. The van der Waals surface area contributed by atoms with Gasteiger partial charge in [-0.25, -0.2) is 0 Å². The third kappa shape index (κ3) is 3.12. The van der Waals surface area contributed by atoms with E-state index in [0.717, 1.165) is 5.56 Å². The van der Waals surface area contributed by atoms with Crippen LogP contribution >= 0.6 is 0 Å². The molecule has 2 aromatic rings. The number of rotatable bonds is 4. The van der Waals surface area contributed by atoms with Crippen LogP contribution < -0.4 is 5.73 Å². The Morgan fingerprint density at radius 3 is 2.48 bits per heavy atom. The Bertz CT molecular complexity index is 698. The van der Waals surface area contributed by atoms with Crippen LogP contribution in [0.15, 0.2) is 48.5 Å². The molecule has 0 saturated carbocycles. The van der Waals surface area contributed by atoms with Gasteiger partial charge in [0, 0.05) is 23.2 Å². The molecule has 3 rings (SSSR count). The molecular weight excluding hydrogens is 294 g/mol. The molecule has 0 aromatic heterocycles. The van der Waals surface area contributed by atoms with Crippen molar-refractivity contribution >= 4 is 11.5 Å². The molecule has 5 heteroatoms. The van der Waals surface area contributed by atoms with E-state index in [4.69, 9.17) is 15.6 Å². The number of carbonyl (C=O) groups excluding carboxylic acids is 1. The topological polar surface area (TPSA) is 92.8 Å². The van der Waals surface area contributed by atoms with E-state index in [1.54, 1.807) is 36.4 Å². The van der Waals surface area contributed by atoms with Crippen LogP contribution in [0.3, 0.4) is 0 Å². The normalized spacial score (nSPS) is 23.8. The maximum Gasteiger partial charge on any atom is 0.195 e. The average Bonchev–Trinajstić information content (AvgIpc) is 2.96. The van der Waals surface area contributed by atoms with E-state index in [1.165, 1.54) is 0 Å². The Hall–Kier alpha value is -2.21. The summed E-state index contributed by atoms with van der Waals surface area (Å²) in [7, 11) is 0. The number of nitrogen functional groups attached to an aromatic ring is 1. The molecule has 0 spiro atoms. The molecule has 0 unspecified atom stereocenters. The second-order valence-corrected chi connectivity index (χ2v) is 5.69. The number of benzene rings is 2. The molecule has 0 radical (unpaired) electrons. The minimum absolute atomic E-state index is 0.129. The van der Waals surface area contributed by atoms with Gasteiger partial charge in [0.1, 0.15) is 6.10 Å². The minimum Gasteiger partial charge on any atom is -0.398 e. The largest absolute Gasteiger partial charge is 0.398 e. The number of ether oxygens (including phenoxy) is 1. The van der Waals surface area contributed by atoms with Crippen molar-refractivity contribution in [2.24, 2.45) is 0 Å². The summed E-state index contributed by atoms with van der Waals surface area (Å²) in [6.45, 7) is -0.207. The van der Waals surface area contributed by atoms with Crippen LogP contribution in [0.5, 0.6) is 0 Å². The summed E-state index contributed by atoms with van der Waals surface area (Å²) in [6, 6.07) is 14.0. The molecule has 0 aliphatic carbocycles. The number of anilines is 1. The SMILES string of the molecule is Nc1ccccc1C(=O)c1ccc([C@H]2C[C@H](O)[C@@H](CO)O2)cc1. The summed E-state index contributed by atoms with van der Waals surface area (Å²) < 4.78 is 5.61. The molecule has 120 valence electrons. The van der Waals surface area contributed by atoms with Crippen LogP contribution in [0.25, 0.3) is 0 Å². The van der Waals surface area contributed by atoms with Gasteiger partial charge in [0.05, 0.1) is 18.8 Å². The highest BCUT2D eigenvalue weighted by Gasteiger charge is 2.34. The molecule has 1 saturated heterocycles. The van der Waals surface area contributed by atoms with Gasteiger partial charge in [-0.05, 0) is 17.7 Å². The second-order valence-electron chi connectivity index (χ2n) is 5.69. The fourth-order valence-electron chi connectivity index (χ4n) is 2.82. The van der Waals surface area contributed by atoms with E-state index < -0.39 is 12.2 Å². The van der Waals surface area contributed by atoms with Crippen molar-refractivity contribution in [2.75, 3.05) is 12.3 Å². The third-order valence-corrected chi connectivity index (χ3v) is 4.15. The number of hydrogen-bond acceptors (Lipinski definition) is 5. The number of aliphatic hydroxyl groups is 2. The van der Waals surface area contributed by atoms with Gasteiger partial charge in [-0.15, -0.1) is 0 Å². The molecule has 23 heavy (non-hydrogen) atoms. The molecule has 3 atom stereocenters. The van der Waals surface area contributed by atoms with Gasteiger partial charge in [-0.3, -0.25) is 4.79 Å². The summed E-state index contributed by atoms with van der Waals surface area (Å²) in [4.78, 5) is 12.5. The van der Waals surface area contributed by atoms with E-state index in [0.29, 0.717) is 23.2 Å².